The molecule has 140 valence electrons. The molecule has 0 radical (unpaired) electrons. The number of anilines is 2. The first-order valence-electron chi connectivity index (χ1n) is 8.82. The molecule has 0 spiro atoms. The molecule has 0 saturated heterocycles. The van der Waals surface area contributed by atoms with Crippen LogP contribution in [-0.4, -0.2) is 41.6 Å². The van der Waals surface area contributed by atoms with Crippen LogP contribution in [0.2, 0.25) is 0 Å². The summed E-state index contributed by atoms with van der Waals surface area (Å²) in [4.78, 5) is 38.6. The molecule has 1 aliphatic rings. The van der Waals surface area contributed by atoms with E-state index in [2.05, 4.69) is 9.97 Å². The molecule has 3 aromatic heterocycles. The fraction of sp³-hybridized carbons (Fsp3) is 0.200. The third-order valence-electron chi connectivity index (χ3n) is 5.16. The predicted octanol–water partition coefficient (Wildman–Crippen LogP) is 2.58. The lowest BCUT2D eigenvalue weighted by atomic mass is 10.1. The molecule has 28 heavy (non-hydrogen) atoms. The van der Waals surface area contributed by atoms with E-state index in [0.717, 1.165) is 27.2 Å². The van der Waals surface area contributed by atoms with Crippen molar-refractivity contribution in [3.63, 3.8) is 0 Å². The highest BCUT2D eigenvalue weighted by molar-refractivity contribution is 7.25. The summed E-state index contributed by atoms with van der Waals surface area (Å²) in [6, 6.07) is 7.54. The van der Waals surface area contributed by atoms with E-state index in [1.165, 1.54) is 15.9 Å². The van der Waals surface area contributed by atoms with E-state index in [0.29, 0.717) is 22.3 Å². The number of hydrogen-bond acceptors (Lipinski definition) is 6. The number of carbonyl (C=O) groups is 1. The maximum Gasteiger partial charge on any atom is 0.275 e. The summed E-state index contributed by atoms with van der Waals surface area (Å²) < 4.78 is 2.11. The van der Waals surface area contributed by atoms with Crippen LogP contribution in [0.5, 0.6) is 0 Å². The number of hydrogen-bond donors (Lipinski definition) is 0. The van der Waals surface area contributed by atoms with E-state index >= 15 is 0 Å². The smallest absolute Gasteiger partial charge is 0.275 e. The second-order valence-corrected chi connectivity index (χ2v) is 8.05. The van der Waals surface area contributed by atoms with E-state index in [1.807, 2.05) is 43.3 Å². The number of fused-ring (bicyclic) bond motifs is 4. The number of thiophene rings is 1. The second-order valence-electron chi connectivity index (χ2n) is 7.05. The summed E-state index contributed by atoms with van der Waals surface area (Å²) in [6.45, 7) is 0. The molecule has 0 aliphatic carbocycles. The van der Waals surface area contributed by atoms with E-state index in [1.54, 1.807) is 24.5 Å². The van der Waals surface area contributed by atoms with Crippen LogP contribution in [0.3, 0.4) is 0 Å². The van der Waals surface area contributed by atoms with Crippen LogP contribution in [0.15, 0.2) is 41.6 Å². The summed E-state index contributed by atoms with van der Waals surface area (Å²) in [6.07, 6.45) is 3.66. The van der Waals surface area contributed by atoms with Crippen molar-refractivity contribution in [3.8, 4) is 5.69 Å². The number of rotatable bonds is 2. The highest BCUT2D eigenvalue weighted by Gasteiger charge is 2.24. The third-order valence-corrected chi connectivity index (χ3v) is 6.24. The van der Waals surface area contributed by atoms with Gasteiger partial charge in [-0.25, -0.2) is 9.97 Å². The normalized spacial score (nSPS) is 13.5. The molecular formula is C20H17N5O2S. The van der Waals surface area contributed by atoms with Gasteiger partial charge in [-0.05, 0) is 29.8 Å². The third kappa shape index (κ3) is 2.27. The van der Waals surface area contributed by atoms with Crippen LogP contribution < -0.4 is 15.4 Å². The lowest BCUT2D eigenvalue weighted by Crippen LogP contribution is -2.20. The van der Waals surface area contributed by atoms with Crippen molar-refractivity contribution < 1.29 is 4.79 Å². The van der Waals surface area contributed by atoms with E-state index in [9.17, 15) is 9.59 Å². The van der Waals surface area contributed by atoms with Crippen LogP contribution in [0.25, 0.3) is 26.1 Å². The van der Waals surface area contributed by atoms with E-state index < -0.39 is 0 Å². The monoisotopic (exact) mass is 391 g/mol. The number of carbonyl (C=O) groups excluding carboxylic acids is 1. The van der Waals surface area contributed by atoms with Gasteiger partial charge in [0.15, 0.2) is 0 Å². The summed E-state index contributed by atoms with van der Waals surface area (Å²) in [5.41, 5.74) is 4.05. The SMILES string of the molecule is CN(C)c1ccnc2sc3c(=O)n(-c4ccc5c(c4)CC(=O)N5C)cnc3c12. The molecule has 0 saturated carbocycles. The Morgan fingerprint density at radius 1 is 1.14 bits per heavy atom. The molecule has 7 nitrogen and oxygen atoms in total. The topological polar surface area (TPSA) is 71.3 Å². The summed E-state index contributed by atoms with van der Waals surface area (Å²) in [5.74, 6) is 0.0554. The molecule has 0 bridgehead atoms. The first kappa shape index (κ1) is 16.9. The number of benzene rings is 1. The zero-order valence-corrected chi connectivity index (χ0v) is 16.4. The lowest BCUT2D eigenvalue weighted by molar-refractivity contribution is -0.117. The van der Waals surface area contributed by atoms with Crippen LogP contribution in [0.1, 0.15) is 5.56 Å². The van der Waals surface area contributed by atoms with Gasteiger partial charge in [-0.1, -0.05) is 0 Å². The van der Waals surface area contributed by atoms with Crippen molar-refractivity contribution in [1.29, 1.82) is 0 Å². The van der Waals surface area contributed by atoms with E-state index in [-0.39, 0.29) is 11.5 Å². The van der Waals surface area contributed by atoms with Gasteiger partial charge in [0, 0.05) is 33.0 Å². The molecule has 0 atom stereocenters. The van der Waals surface area contributed by atoms with Crippen molar-refractivity contribution in [2.45, 2.75) is 6.42 Å². The number of amides is 1. The summed E-state index contributed by atoms with van der Waals surface area (Å²) >= 11 is 1.36. The Morgan fingerprint density at radius 2 is 1.96 bits per heavy atom. The largest absolute Gasteiger partial charge is 0.377 e. The van der Waals surface area contributed by atoms with Crippen molar-refractivity contribution >= 4 is 49.1 Å². The van der Waals surface area contributed by atoms with Gasteiger partial charge in [0.05, 0.1) is 28.7 Å². The minimum atomic E-state index is -0.129. The minimum absolute atomic E-state index is 0.0554. The Kier molecular flexibility index (Phi) is 3.54. The zero-order valence-electron chi connectivity index (χ0n) is 15.6. The van der Waals surface area contributed by atoms with Gasteiger partial charge in [-0.15, -0.1) is 11.3 Å². The number of pyridine rings is 1. The summed E-state index contributed by atoms with van der Waals surface area (Å²) in [5, 5.41) is 0.901. The van der Waals surface area contributed by atoms with Crippen LogP contribution in [-0.2, 0) is 11.2 Å². The molecule has 4 aromatic rings. The first-order chi connectivity index (χ1) is 13.5. The molecule has 1 aliphatic heterocycles. The van der Waals surface area contributed by atoms with Gasteiger partial charge in [0.2, 0.25) is 5.91 Å². The quantitative estimate of drug-likeness (QED) is 0.525. The Hall–Kier alpha value is -3.26. The predicted molar refractivity (Wildman–Crippen MR) is 112 cm³/mol. The Morgan fingerprint density at radius 3 is 2.75 bits per heavy atom. The fourth-order valence-electron chi connectivity index (χ4n) is 3.70. The van der Waals surface area contributed by atoms with Crippen LogP contribution >= 0.6 is 11.3 Å². The van der Waals surface area contributed by atoms with Crippen molar-refractivity contribution in [2.24, 2.45) is 0 Å². The maximum atomic E-state index is 13.2. The van der Waals surface area contributed by atoms with Crippen molar-refractivity contribution in [1.82, 2.24) is 14.5 Å². The Bertz CT molecular complexity index is 1340. The highest BCUT2D eigenvalue weighted by atomic mass is 32.1. The van der Waals surface area contributed by atoms with Crippen molar-refractivity contribution in [2.75, 3.05) is 30.9 Å². The Labute approximate surface area is 164 Å². The van der Waals surface area contributed by atoms with Gasteiger partial charge in [0.1, 0.15) is 15.9 Å². The lowest BCUT2D eigenvalue weighted by Gasteiger charge is -2.13. The number of likely N-dealkylation sites (N-methyl/N-ethyl adjacent to an activating group) is 1. The van der Waals surface area contributed by atoms with Crippen LogP contribution in [0, 0.1) is 0 Å². The average molecular weight is 391 g/mol. The van der Waals surface area contributed by atoms with Gasteiger partial charge >= 0.3 is 0 Å². The van der Waals surface area contributed by atoms with Crippen molar-refractivity contribution in [3.05, 3.63) is 52.7 Å². The molecule has 8 heteroatoms. The molecule has 0 unspecified atom stereocenters. The fourth-order valence-corrected chi connectivity index (χ4v) is 4.75. The maximum absolute atomic E-state index is 13.2. The van der Waals surface area contributed by atoms with Gasteiger partial charge in [-0.3, -0.25) is 14.2 Å². The molecule has 5 rings (SSSR count). The standard InChI is InChI=1S/C20H17N5O2S/c1-23(2)14-6-7-21-19-16(14)17-18(28-19)20(27)25(10-22-17)12-4-5-13-11(8-12)9-15(26)24(13)3/h4-8,10H,9H2,1-3H3. The molecule has 4 heterocycles. The molecule has 1 aromatic carbocycles. The minimum Gasteiger partial charge on any atom is -0.377 e. The van der Waals surface area contributed by atoms with Gasteiger partial charge in [-0.2, -0.15) is 0 Å². The van der Waals surface area contributed by atoms with Gasteiger partial charge in [0.25, 0.3) is 5.56 Å². The van der Waals surface area contributed by atoms with Gasteiger partial charge < -0.3 is 9.80 Å². The number of aromatic nitrogens is 3. The Balaban J connectivity index is 1.73. The molecular weight excluding hydrogens is 374 g/mol. The molecule has 1 amide bonds. The second kappa shape index (κ2) is 5.87. The molecule has 0 N–H and O–H groups in total. The zero-order chi connectivity index (χ0) is 19.6. The number of nitrogens with zero attached hydrogens (tertiary/aromatic N) is 5. The molecule has 0 fully saturated rings. The average Bonchev–Trinajstić information content (AvgIpc) is 3.20. The summed E-state index contributed by atoms with van der Waals surface area (Å²) in [7, 11) is 5.69. The first-order valence-corrected chi connectivity index (χ1v) is 9.63. The highest BCUT2D eigenvalue weighted by Crippen LogP contribution is 2.35. The van der Waals surface area contributed by atoms with Crippen LogP contribution in [0.4, 0.5) is 11.4 Å². The van der Waals surface area contributed by atoms with E-state index in [4.69, 9.17) is 0 Å².